The molecule has 0 unspecified atom stereocenters. The summed E-state index contributed by atoms with van der Waals surface area (Å²) in [5, 5.41) is 3.26. The second kappa shape index (κ2) is 9.71. The molecule has 1 N–H and O–H groups in total. The van der Waals surface area contributed by atoms with E-state index in [0.717, 1.165) is 51.6 Å². The molecule has 0 spiro atoms. The van der Waals surface area contributed by atoms with Crippen molar-refractivity contribution in [3.63, 3.8) is 0 Å². The van der Waals surface area contributed by atoms with Gasteiger partial charge in [0.15, 0.2) is 6.61 Å². The molecule has 2 aliphatic rings. The molecule has 0 aromatic heterocycles. The summed E-state index contributed by atoms with van der Waals surface area (Å²) in [5.41, 5.74) is 1.17. The van der Waals surface area contributed by atoms with Gasteiger partial charge in [-0.25, -0.2) is 0 Å². The highest BCUT2D eigenvalue weighted by Crippen LogP contribution is 2.12. The van der Waals surface area contributed by atoms with E-state index in [2.05, 4.69) is 10.2 Å². The predicted octanol–water partition coefficient (Wildman–Crippen LogP) is 0.340. The lowest BCUT2D eigenvalue weighted by Gasteiger charge is -2.35. The molecular weight excluding hydrogens is 344 g/mol. The molecule has 0 saturated carbocycles. The normalized spacial score (nSPS) is 18.4. The molecule has 7 nitrogen and oxygen atoms in total. The fraction of sp³-hybridized carbons (Fsp3) is 0.600. The summed E-state index contributed by atoms with van der Waals surface area (Å²) in [6, 6.07) is 7.71. The molecule has 0 bridgehead atoms. The first-order valence-electron chi connectivity index (χ1n) is 9.80. The maximum Gasteiger partial charge on any atom is 0.260 e. The van der Waals surface area contributed by atoms with Crippen LogP contribution in [0, 0.1) is 6.92 Å². The Morgan fingerprint density at radius 1 is 0.926 bits per heavy atom. The average Bonchev–Trinajstić information content (AvgIpc) is 2.72. The highest BCUT2D eigenvalue weighted by atomic mass is 16.5. The van der Waals surface area contributed by atoms with Gasteiger partial charge in [0.2, 0.25) is 5.91 Å². The first-order valence-corrected chi connectivity index (χ1v) is 9.80. The number of ether oxygens (including phenoxy) is 1. The minimum atomic E-state index is 0.0205. The summed E-state index contributed by atoms with van der Waals surface area (Å²) < 4.78 is 5.59. The summed E-state index contributed by atoms with van der Waals surface area (Å²) in [6.45, 7) is 9.26. The zero-order valence-electron chi connectivity index (χ0n) is 16.2. The van der Waals surface area contributed by atoms with Crippen LogP contribution in [0.1, 0.15) is 12.0 Å². The van der Waals surface area contributed by atoms with E-state index in [1.165, 1.54) is 5.56 Å². The molecule has 2 saturated heterocycles. The maximum atomic E-state index is 12.3. The average molecular weight is 374 g/mol. The minimum Gasteiger partial charge on any atom is -0.484 e. The SMILES string of the molecule is Cc1ccc(OCC(=O)N2CCN(CCC(=O)N3CCNCC3)CC2)cc1. The number of rotatable bonds is 6. The van der Waals surface area contributed by atoms with Gasteiger partial charge in [-0.1, -0.05) is 17.7 Å². The van der Waals surface area contributed by atoms with Crippen molar-refractivity contribution in [2.45, 2.75) is 13.3 Å². The van der Waals surface area contributed by atoms with Gasteiger partial charge in [0.05, 0.1) is 0 Å². The van der Waals surface area contributed by atoms with Crippen LogP contribution in [0.25, 0.3) is 0 Å². The Balaban J connectivity index is 1.33. The highest BCUT2D eigenvalue weighted by molar-refractivity contribution is 5.78. The molecule has 1 aromatic rings. The van der Waals surface area contributed by atoms with Gasteiger partial charge < -0.3 is 19.9 Å². The number of hydrogen-bond acceptors (Lipinski definition) is 5. The Bertz CT molecular complexity index is 621. The Hall–Kier alpha value is -2.12. The zero-order valence-corrected chi connectivity index (χ0v) is 16.2. The number of piperazine rings is 2. The van der Waals surface area contributed by atoms with Gasteiger partial charge in [0.1, 0.15) is 5.75 Å². The molecule has 2 aliphatic heterocycles. The molecule has 2 fully saturated rings. The lowest BCUT2D eigenvalue weighted by molar-refractivity contribution is -0.136. The number of hydrogen-bond donors (Lipinski definition) is 1. The van der Waals surface area contributed by atoms with Crippen LogP contribution in [-0.2, 0) is 9.59 Å². The smallest absolute Gasteiger partial charge is 0.260 e. The van der Waals surface area contributed by atoms with Gasteiger partial charge in [0, 0.05) is 65.3 Å². The van der Waals surface area contributed by atoms with Gasteiger partial charge in [-0.15, -0.1) is 0 Å². The van der Waals surface area contributed by atoms with Crippen LogP contribution >= 0.6 is 0 Å². The number of aryl methyl sites for hydroxylation is 1. The van der Waals surface area contributed by atoms with Crippen LogP contribution in [0.15, 0.2) is 24.3 Å². The summed E-state index contributed by atoms with van der Waals surface area (Å²) in [5.74, 6) is 0.979. The summed E-state index contributed by atoms with van der Waals surface area (Å²) >= 11 is 0. The molecule has 2 heterocycles. The molecule has 0 radical (unpaired) electrons. The number of amides is 2. The van der Waals surface area contributed by atoms with Gasteiger partial charge >= 0.3 is 0 Å². The van der Waals surface area contributed by atoms with Crippen LogP contribution in [-0.4, -0.2) is 92.0 Å². The summed E-state index contributed by atoms with van der Waals surface area (Å²) in [6.07, 6.45) is 0.560. The van der Waals surface area contributed by atoms with E-state index in [9.17, 15) is 9.59 Å². The predicted molar refractivity (Wildman–Crippen MR) is 104 cm³/mol. The Morgan fingerprint density at radius 2 is 1.56 bits per heavy atom. The van der Waals surface area contributed by atoms with Crippen molar-refractivity contribution in [1.29, 1.82) is 0 Å². The highest BCUT2D eigenvalue weighted by Gasteiger charge is 2.23. The molecule has 2 amide bonds. The van der Waals surface area contributed by atoms with E-state index in [4.69, 9.17) is 4.74 Å². The number of nitrogens with zero attached hydrogens (tertiary/aromatic N) is 3. The first-order chi connectivity index (χ1) is 13.1. The van der Waals surface area contributed by atoms with Gasteiger partial charge in [-0.3, -0.25) is 14.5 Å². The van der Waals surface area contributed by atoms with Crippen molar-refractivity contribution in [1.82, 2.24) is 20.0 Å². The molecule has 0 atom stereocenters. The van der Waals surface area contributed by atoms with Crippen molar-refractivity contribution in [2.75, 3.05) is 65.5 Å². The van der Waals surface area contributed by atoms with E-state index < -0.39 is 0 Å². The van der Waals surface area contributed by atoms with E-state index in [0.29, 0.717) is 19.5 Å². The van der Waals surface area contributed by atoms with Crippen LogP contribution in [0.3, 0.4) is 0 Å². The van der Waals surface area contributed by atoms with Gasteiger partial charge in [-0.2, -0.15) is 0 Å². The third-order valence-corrected chi connectivity index (χ3v) is 5.22. The quantitative estimate of drug-likeness (QED) is 0.778. The minimum absolute atomic E-state index is 0.0205. The van der Waals surface area contributed by atoms with Crippen LogP contribution in [0.5, 0.6) is 5.75 Å². The molecular formula is C20H30N4O3. The van der Waals surface area contributed by atoms with Crippen molar-refractivity contribution < 1.29 is 14.3 Å². The van der Waals surface area contributed by atoms with E-state index >= 15 is 0 Å². The van der Waals surface area contributed by atoms with Crippen molar-refractivity contribution in [3.05, 3.63) is 29.8 Å². The lowest BCUT2D eigenvalue weighted by atomic mass is 10.2. The number of carbonyl (C=O) groups is 2. The second-order valence-electron chi connectivity index (χ2n) is 7.20. The maximum absolute atomic E-state index is 12.3. The molecule has 0 aliphatic carbocycles. The van der Waals surface area contributed by atoms with Crippen LogP contribution < -0.4 is 10.1 Å². The summed E-state index contributed by atoms with van der Waals surface area (Å²) in [7, 11) is 0. The van der Waals surface area contributed by atoms with E-state index in [-0.39, 0.29) is 18.4 Å². The topological polar surface area (TPSA) is 65.1 Å². The molecule has 1 aromatic carbocycles. The molecule has 7 heteroatoms. The first kappa shape index (κ1) is 19.6. The van der Waals surface area contributed by atoms with Crippen LogP contribution in [0.4, 0.5) is 0 Å². The van der Waals surface area contributed by atoms with Gasteiger partial charge in [-0.05, 0) is 19.1 Å². The number of carbonyl (C=O) groups excluding carboxylic acids is 2. The third-order valence-electron chi connectivity index (χ3n) is 5.22. The molecule has 3 rings (SSSR count). The van der Waals surface area contributed by atoms with Crippen molar-refractivity contribution in [3.8, 4) is 5.75 Å². The second-order valence-corrected chi connectivity index (χ2v) is 7.20. The standard InChI is InChI=1S/C20H30N4O3/c1-17-2-4-18(5-3-17)27-16-20(26)24-14-12-22(13-15-24)9-6-19(25)23-10-7-21-8-11-23/h2-5,21H,6-16H2,1H3. The number of benzene rings is 1. The molecule has 148 valence electrons. The van der Waals surface area contributed by atoms with Gasteiger partial charge in [0.25, 0.3) is 5.91 Å². The third kappa shape index (κ3) is 5.94. The largest absolute Gasteiger partial charge is 0.484 e. The van der Waals surface area contributed by atoms with Crippen molar-refractivity contribution in [2.24, 2.45) is 0 Å². The Kier molecular flexibility index (Phi) is 7.06. The Morgan fingerprint density at radius 3 is 2.22 bits per heavy atom. The van der Waals surface area contributed by atoms with E-state index in [1.807, 2.05) is 41.0 Å². The zero-order chi connectivity index (χ0) is 19.1. The monoisotopic (exact) mass is 374 g/mol. The molecule has 27 heavy (non-hydrogen) atoms. The summed E-state index contributed by atoms with van der Waals surface area (Å²) in [4.78, 5) is 30.6. The fourth-order valence-corrected chi connectivity index (χ4v) is 3.42. The van der Waals surface area contributed by atoms with Crippen LogP contribution in [0.2, 0.25) is 0 Å². The van der Waals surface area contributed by atoms with Crippen molar-refractivity contribution >= 4 is 11.8 Å². The lowest BCUT2D eigenvalue weighted by Crippen LogP contribution is -2.51. The number of nitrogens with one attached hydrogen (secondary N) is 1. The van der Waals surface area contributed by atoms with E-state index in [1.54, 1.807) is 0 Å². The fourth-order valence-electron chi connectivity index (χ4n) is 3.42. The Labute approximate surface area is 161 Å².